The van der Waals surface area contributed by atoms with Gasteiger partial charge in [0.2, 0.25) is 0 Å². The molecule has 0 N–H and O–H groups in total. The third-order valence-corrected chi connectivity index (χ3v) is 4.44. The second-order valence-corrected chi connectivity index (χ2v) is 5.98. The average Bonchev–Trinajstić information content (AvgIpc) is 2.60. The van der Waals surface area contributed by atoms with Gasteiger partial charge in [-0.3, -0.25) is 10.1 Å². The van der Waals surface area contributed by atoms with Crippen molar-refractivity contribution in [1.29, 1.82) is 0 Å². The number of nitro benzene ring substituents is 1. The lowest BCUT2D eigenvalue weighted by molar-refractivity contribution is -0.384. The Morgan fingerprint density at radius 3 is 2.44 bits per heavy atom. The summed E-state index contributed by atoms with van der Waals surface area (Å²) < 4.78 is 11.1. The first-order chi connectivity index (χ1) is 11.9. The number of nitrogens with zero attached hydrogens (tertiary/aromatic N) is 1. The summed E-state index contributed by atoms with van der Waals surface area (Å²) in [7, 11) is 0. The van der Waals surface area contributed by atoms with E-state index in [9.17, 15) is 14.9 Å². The van der Waals surface area contributed by atoms with Gasteiger partial charge >= 0.3 is 5.63 Å². The van der Waals surface area contributed by atoms with E-state index in [0.717, 1.165) is 10.9 Å². The lowest BCUT2D eigenvalue weighted by Gasteiger charge is -2.12. The van der Waals surface area contributed by atoms with Gasteiger partial charge in [0.15, 0.2) is 0 Å². The van der Waals surface area contributed by atoms with Gasteiger partial charge in [-0.2, -0.15) is 0 Å². The molecule has 0 aliphatic heterocycles. The largest absolute Gasteiger partial charge is 0.488 e. The molecule has 0 atom stereocenters. The molecule has 7 heteroatoms. The normalized spacial score (nSPS) is 10.8. The maximum atomic E-state index is 11.8. The maximum Gasteiger partial charge on any atom is 0.355 e. The Bertz CT molecular complexity index is 1020. The van der Waals surface area contributed by atoms with Crippen LogP contribution in [0.25, 0.3) is 11.0 Å². The van der Waals surface area contributed by atoms with Gasteiger partial charge in [0.05, 0.1) is 4.92 Å². The number of aryl methyl sites for hydroxylation is 2. The molecule has 3 rings (SSSR count). The molecule has 0 bridgehead atoms. The van der Waals surface area contributed by atoms with Crippen LogP contribution in [0, 0.1) is 24.0 Å². The molecule has 128 valence electrons. The van der Waals surface area contributed by atoms with Gasteiger partial charge in [-0.25, -0.2) is 4.79 Å². The van der Waals surface area contributed by atoms with Crippen molar-refractivity contribution in [3.8, 4) is 5.75 Å². The summed E-state index contributed by atoms with van der Waals surface area (Å²) in [5.41, 5.74) is 2.03. The first-order valence-electron chi connectivity index (χ1n) is 7.47. The Morgan fingerprint density at radius 1 is 1.12 bits per heavy atom. The molecule has 0 amide bonds. The lowest BCUT2D eigenvalue weighted by atomic mass is 10.1. The predicted molar refractivity (Wildman–Crippen MR) is 94.4 cm³/mol. The molecule has 1 heterocycles. The molecule has 3 aromatic rings. The molecule has 0 aliphatic rings. The minimum atomic E-state index is -0.581. The maximum absolute atomic E-state index is 11.8. The van der Waals surface area contributed by atoms with E-state index in [2.05, 4.69) is 0 Å². The highest BCUT2D eigenvalue weighted by molar-refractivity contribution is 6.31. The number of benzene rings is 2. The fourth-order valence-electron chi connectivity index (χ4n) is 2.54. The summed E-state index contributed by atoms with van der Waals surface area (Å²) in [6.45, 7) is 3.80. The van der Waals surface area contributed by atoms with Gasteiger partial charge in [0.1, 0.15) is 23.0 Å². The molecule has 2 aromatic carbocycles. The third-order valence-electron chi connectivity index (χ3n) is 4.00. The van der Waals surface area contributed by atoms with E-state index < -0.39 is 10.5 Å². The van der Waals surface area contributed by atoms with E-state index in [4.69, 9.17) is 20.8 Å². The van der Waals surface area contributed by atoms with Crippen molar-refractivity contribution < 1.29 is 14.1 Å². The van der Waals surface area contributed by atoms with Crippen LogP contribution in [0.5, 0.6) is 5.75 Å². The summed E-state index contributed by atoms with van der Waals surface area (Å²) in [6, 6.07) is 9.70. The highest BCUT2D eigenvalue weighted by Crippen LogP contribution is 2.31. The lowest BCUT2D eigenvalue weighted by Crippen LogP contribution is -2.04. The Kier molecular flexibility index (Phi) is 4.46. The Hall–Kier alpha value is -2.86. The highest BCUT2D eigenvalue weighted by Gasteiger charge is 2.14. The summed E-state index contributed by atoms with van der Waals surface area (Å²) in [4.78, 5) is 22.0. The molecule has 0 unspecified atom stereocenters. The summed E-state index contributed by atoms with van der Waals surface area (Å²) in [5, 5.41) is 11.5. The third kappa shape index (κ3) is 3.21. The molecule has 0 aliphatic carbocycles. The van der Waals surface area contributed by atoms with Crippen molar-refractivity contribution in [3.05, 3.63) is 78.6 Å². The van der Waals surface area contributed by atoms with Gasteiger partial charge in [-0.05, 0) is 49.2 Å². The van der Waals surface area contributed by atoms with Crippen molar-refractivity contribution in [3.63, 3.8) is 0 Å². The summed E-state index contributed by atoms with van der Waals surface area (Å²) >= 11 is 5.94. The van der Waals surface area contributed by atoms with Crippen molar-refractivity contribution in [1.82, 2.24) is 0 Å². The second kappa shape index (κ2) is 6.57. The number of ether oxygens (including phenoxy) is 1. The number of hydrogen-bond donors (Lipinski definition) is 0. The highest BCUT2D eigenvalue weighted by atomic mass is 35.5. The Morgan fingerprint density at radius 2 is 1.80 bits per heavy atom. The molecule has 0 spiro atoms. The zero-order valence-corrected chi connectivity index (χ0v) is 14.3. The van der Waals surface area contributed by atoms with Crippen LogP contribution in [-0.4, -0.2) is 4.92 Å². The minimum Gasteiger partial charge on any atom is -0.488 e. The molecular weight excluding hydrogens is 346 g/mol. The molecule has 0 saturated carbocycles. The minimum absolute atomic E-state index is 0.0276. The molecule has 0 saturated heterocycles. The predicted octanol–water partition coefficient (Wildman–Crippen LogP) is 4.55. The fourth-order valence-corrected chi connectivity index (χ4v) is 2.68. The van der Waals surface area contributed by atoms with E-state index in [1.165, 1.54) is 12.1 Å². The fraction of sp³-hybridized carbons (Fsp3) is 0.167. The topological polar surface area (TPSA) is 82.6 Å². The van der Waals surface area contributed by atoms with Gasteiger partial charge in [0.25, 0.3) is 5.69 Å². The van der Waals surface area contributed by atoms with Crippen LogP contribution in [0.4, 0.5) is 5.69 Å². The molecule has 0 radical (unpaired) electrons. The van der Waals surface area contributed by atoms with Crippen LogP contribution >= 0.6 is 11.6 Å². The van der Waals surface area contributed by atoms with Gasteiger partial charge < -0.3 is 9.15 Å². The standard InChI is InChI=1S/C18H14ClNO5/c1-10-14-7-8-15(11(2)17(14)25-18(21)16(10)19)24-9-12-3-5-13(6-4-12)20(22)23/h3-8H,9H2,1-2H3. The van der Waals surface area contributed by atoms with E-state index in [1.807, 2.05) is 0 Å². The Balaban J connectivity index is 1.89. The van der Waals surface area contributed by atoms with Gasteiger partial charge in [0, 0.05) is 23.1 Å². The SMILES string of the molecule is Cc1c(Cl)c(=O)oc2c(C)c(OCc3ccc([N+](=O)[O-])cc3)ccc12. The van der Waals surface area contributed by atoms with Crippen molar-refractivity contribution >= 4 is 28.3 Å². The van der Waals surface area contributed by atoms with E-state index in [0.29, 0.717) is 22.5 Å². The Labute approximate surface area is 147 Å². The van der Waals surface area contributed by atoms with Crippen LogP contribution in [0.3, 0.4) is 0 Å². The molecular formula is C18H14ClNO5. The quantitative estimate of drug-likeness (QED) is 0.387. The smallest absolute Gasteiger partial charge is 0.355 e. The van der Waals surface area contributed by atoms with Crippen LogP contribution in [0.15, 0.2) is 45.6 Å². The van der Waals surface area contributed by atoms with Crippen LogP contribution in [0.2, 0.25) is 5.02 Å². The number of hydrogen-bond acceptors (Lipinski definition) is 5. The van der Waals surface area contributed by atoms with Gasteiger partial charge in [-0.15, -0.1) is 0 Å². The van der Waals surface area contributed by atoms with E-state index in [1.54, 1.807) is 38.1 Å². The van der Waals surface area contributed by atoms with Crippen LogP contribution in [0.1, 0.15) is 16.7 Å². The number of nitro groups is 1. The first-order valence-corrected chi connectivity index (χ1v) is 7.85. The van der Waals surface area contributed by atoms with Crippen LogP contribution in [-0.2, 0) is 6.61 Å². The molecule has 0 fully saturated rings. The monoisotopic (exact) mass is 359 g/mol. The van der Waals surface area contributed by atoms with Crippen molar-refractivity contribution in [2.75, 3.05) is 0 Å². The number of rotatable bonds is 4. The second-order valence-electron chi connectivity index (χ2n) is 5.61. The number of halogens is 1. The molecule has 6 nitrogen and oxygen atoms in total. The van der Waals surface area contributed by atoms with E-state index in [-0.39, 0.29) is 17.3 Å². The average molecular weight is 360 g/mol. The number of non-ortho nitro benzene ring substituents is 1. The first kappa shape index (κ1) is 17.0. The van der Waals surface area contributed by atoms with Crippen LogP contribution < -0.4 is 10.4 Å². The van der Waals surface area contributed by atoms with E-state index >= 15 is 0 Å². The molecule has 25 heavy (non-hydrogen) atoms. The summed E-state index contributed by atoms with van der Waals surface area (Å²) in [6.07, 6.45) is 0. The zero-order chi connectivity index (χ0) is 18.1. The number of fused-ring (bicyclic) bond motifs is 1. The van der Waals surface area contributed by atoms with Gasteiger partial charge in [-0.1, -0.05) is 11.6 Å². The van der Waals surface area contributed by atoms with Crippen molar-refractivity contribution in [2.45, 2.75) is 20.5 Å². The summed E-state index contributed by atoms with van der Waals surface area (Å²) in [5.74, 6) is 0.565. The van der Waals surface area contributed by atoms with Crippen molar-refractivity contribution in [2.24, 2.45) is 0 Å². The molecule has 1 aromatic heterocycles. The zero-order valence-electron chi connectivity index (χ0n) is 13.5.